The second-order valence-electron chi connectivity index (χ2n) is 5.87. The first-order chi connectivity index (χ1) is 10.5. The van der Waals surface area contributed by atoms with Gasteiger partial charge < -0.3 is 9.64 Å². The van der Waals surface area contributed by atoms with Crippen molar-refractivity contribution in [1.82, 2.24) is 19.7 Å². The van der Waals surface area contributed by atoms with Crippen molar-refractivity contribution in [3.05, 3.63) is 16.8 Å². The molecular weight excluding hydrogens is 280 g/mol. The van der Waals surface area contributed by atoms with E-state index in [1.54, 1.807) is 11.8 Å². The van der Waals surface area contributed by atoms with Gasteiger partial charge in [-0.3, -0.25) is 4.79 Å². The van der Waals surface area contributed by atoms with E-state index in [0.717, 1.165) is 47.4 Å². The molecule has 1 amide bonds. The van der Waals surface area contributed by atoms with Gasteiger partial charge in [0, 0.05) is 32.3 Å². The van der Waals surface area contributed by atoms with E-state index in [-0.39, 0.29) is 5.91 Å². The summed E-state index contributed by atoms with van der Waals surface area (Å²) in [5.41, 5.74) is 4.04. The average Bonchev–Trinajstić information content (AvgIpc) is 2.73. The third-order valence-electron chi connectivity index (χ3n) is 4.51. The van der Waals surface area contributed by atoms with E-state index in [4.69, 9.17) is 4.74 Å². The number of carbonyl (C=O) groups is 1. The van der Waals surface area contributed by atoms with Crippen LogP contribution in [-0.2, 0) is 18.3 Å². The summed E-state index contributed by atoms with van der Waals surface area (Å²) in [5, 5.41) is 5.30. The first-order valence-corrected chi connectivity index (χ1v) is 7.67. The number of aryl methyl sites for hydroxylation is 3. The molecule has 0 aromatic carbocycles. The summed E-state index contributed by atoms with van der Waals surface area (Å²) in [6.07, 6.45) is 2.38. The zero-order chi connectivity index (χ0) is 15.9. The smallest absolute Gasteiger partial charge is 0.242 e. The molecule has 22 heavy (non-hydrogen) atoms. The minimum atomic E-state index is 0.239. The maximum Gasteiger partial charge on any atom is 0.242 e. The van der Waals surface area contributed by atoms with Gasteiger partial charge in [0.05, 0.1) is 12.5 Å². The molecule has 1 aliphatic heterocycles. The molecule has 1 saturated heterocycles. The number of ether oxygens (including phenoxy) is 1. The number of hydrogen-bond donors (Lipinski definition) is 0. The molecule has 118 valence electrons. The highest BCUT2D eigenvalue weighted by atomic mass is 16.5. The van der Waals surface area contributed by atoms with Crippen LogP contribution < -0.4 is 4.74 Å². The minimum absolute atomic E-state index is 0.239. The molecule has 0 aliphatic carbocycles. The molecule has 0 radical (unpaired) electrons. The topological polar surface area (TPSA) is 60.2 Å². The van der Waals surface area contributed by atoms with Crippen molar-refractivity contribution >= 4 is 16.9 Å². The Bertz CT molecular complexity index is 732. The molecule has 1 aliphatic rings. The van der Waals surface area contributed by atoms with Crippen LogP contribution in [0.3, 0.4) is 0 Å². The molecule has 6 heteroatoms. The number of pyridine rings is 1. The lowest BCUT2D eigenvalue weighted by atomic mass is 9.99. The summed E-state index contributed by atoms with van der Waals surface area (Å²) in [4.78, 5) is 18.7. The van der Waals surface area contributed by atoms with Crippen molar-refractivity contribution in [3.8, 4) is 5.88 Å². The number of aromatic nitrogens is 3. The molecule has 2 aromatic rings. The molecule has 0 N–H and O–H groups in total. The standard InChI is InChI=1S/C16H22N4O2/c1-10-12(6-7-13(21)20-8-5-9-20)11(2)17-15-14(10)16(22-4)18-19(15)3/h5-9H2,1-4H3. The van der Waals surface area contributed by atoms with E-state index in [2.05, 4.69) is 17.0 Å². The zero-order valence-electron chi connectivity index (χ0n) is 13.6. The van der Waals surface area contributed by atoms with Crippen molar-refractivity contribution in [3.63, 3.8) is 0 Å². The summed E-state index contributed by atoms with van der Waals surface area (Å²) >= 11 is 0. The Kier molecular flexibility index (Phi) is 3.76. The molecule has 1 fully saturated rings. The highest BCUT2D eigenvalue weighted by Crippen LogP contribution is 2.30. The monoisotopic (exact) mass is 302 g/mol. The minimum Gasteiger partial charge on any atom is -0.479 e. The Morgan fingerprint density at radius 3 is 2.64 bits per heavy atom. The van der Waals surface area contributed by atoms with Crippen LogP contribution in [0.4, 0.5) is 0 Å². The van der Waals surface area contributed by atoms with Crippen molar-refractivity contribution in [1.29, 1.82) is 0 Å². The third kappa shape index (κ3) is 2.32. The van der Waals surface area contributed by atoms with Crippen LogP contribution >= 0.6 is 0 Å². The van der Waals surface area contributed by atoms with Gasteiger partial charge in [0.2, 0.25) is 11.8 Å². The number of amides is 1. The van der Waals surface area contributed by atoms with Crippen LogP contribution in [0, 0.1) is 13.8 Å². The average molecular weight is 302 g/mol. The first-order valence-electron chi connectivity index (χ1n) is 7.67. The van der Waals surface area contributed by atoms with Crippen LogP contribution in [0.15, 0.2) is 0 Å². The lowest BCUT2D eigenvalue weighted by Gasteiger charge is -2.31. The normalized spacial score (nSPS) is 14.3. The maximum atomic E-state index is 12.1. The quantitative estimate of drug-likeness (QED) is 0.863. The highest BCUT2D eigenvalue weighted by Gasteiger charge is 2.22. The van der Waals surface area contributed by atoms with Crippen LogP contribution in [-0.4, -0.2) is 45.8 Å². The van der Waals surface area contributed by atoms with Gasteiger partial charge in [-0.2, -0.15) is 0 Å². The van der Waals surface area contributed by atoms with Crippen molar-refractivity contribution in [2.75, 3.05) is 20.2 Å². The fourth-order valence-electron chi connectivity index (χ4n) is 3.06. The number of rotatable bonds is 4. The number of hydrogen-bond acceptors (Lipinski definition) is 4. The number of methoxy groups -OCH3 is 1. The summed E-state index contributed by atoms with van der Waals surface area (Å²) < 4.78 is 7.11. The Balaban J connectivity index is 1.93. The van der Waals surface area contributed by atoms with Crippen LogP contribution in [0.2, 0.25) is 0 Å². The van der Waals surface area contributed by atoms with E-state index in [1.807, 2.05) is 18.9 Å². The van der Waals surface area contributed by atoms with Gasteiger partial charge in [-0.25, -0.2) is 9.67 Å². The molecule has 0 saturated carbocycles. The number of fused-ring (bicyclic) bond motifs is 1. The van der Waals surface area contributed by atoms with Crippen molar-refractivity contribution in [2.24, 2.45) is 7.05 Å². The molecule has 3 rings (SSSR count). The summed E-state index contributed by atoms with van der Waals surface area (Å²) in [6, 6.07) is 0. The molecule has 0 atom stereocenters. The van der Waals surface area contributed by atoms with Crippen molar-refractivity contribution in [2.45, 2.75) is 33.1 Å². The number of nitrogens with zero attached hydrogens (tertiary/aromatic N) is 4. The lowest BCUT2D eigenvalue weighted by molar-refractivity contribution is -0.134. The molecule has 3 heterocycles. The molecule has 0 spiro atoms. The zero-order valence-corrected chi connectivity index (χ0v) is 13.6. The van der Waals surface area contributed by atoms with Gasteiger partial charge in [0.25, 0.3) is 0 Å². The van der Waals surface area contributed by atoms with Gasteiger partial charge >= 0.3 is 0 Å². The van der Waals surface area contributed by atoms with Gasteiger partial charge in [-0.1, -0.05) is 0 Å². The SMILES string of the molecule is COc1nn(C)c2nc(C)c(CCC(=O)N3CCC3)c(C)c12. The largest absolute Gasteiger partial charge is 0.479 e. The molecule has 0 bridgehead atoms. The number of likely N-dealkylation sites (tertiary alicyclic amines) is 1. The van der Waals surface area contributed by atoms with Gasteiger partial charge in [-0.15, -0.1) is 5.10 Å². The van der Waals surface area contributed by atoms with E-state index in [9.17, 15) is 4.79 Å². The lowest BCUT2D eigenvalue weighted by Crippen LogP contribution is -2.42. The Morgan fingerprint density at radius 1 is 1.32 bits per heavy atom. The second kappa shape index (κ2) is 5.59. The van der Waals surface area contributed by atoms with Gasteiger partial charge in [0.15, 0.2) is 5.65 Å². The van der Waals surface area contributed by atoms with Crippen LogP contribution in [0.25, 0.3) is 11.0 Å². The Hall–Kier alpha value is -2.11. The van der Waals surface area contributed by atoms with E-state index in [0.29, 0.717) is 18.7 Å². The second-order valence-corrected chi connectivity index (χ2v) is 5.87. The van der Waals surface area contributed by atoms with E-state index < -0.39 is 0 Å². The summed E-state index contributed by atoms with van der Waals surface area (Å²) in [6.45, 7) is 5.87. The fourth-order valence-corrected chi connectivity index (χ4v) is 3.06. The van der Waals surface area contributed by atoms with Crippen LogP contribution in [0.1, 0.15) is 29.7 Å². The molecular formula is C16H22N4O2. The Labute approximate surface area is 130 Å². The van der Waals surface area contributed by atoms with Crippen LogP contribution in [0.5, 0.6) is 5.88 Å². The first kappa shape index (κ1) is 14.8. The predicted octanol–water partition coefficient (Wildman–Crippen LogP) is 1.76. The van der Waals surface area contributed by atoms with Crippen molar-refractivity contribution < 1.29 is 9.53 Å². The fraction of sp³-hybridized carbons (Fsp3) is 0.562. The van der Waals surface area contributed by atoms with Gasteiger partial charge in [-0.05, 0) is 37.8 Å². The summed E-state index contributed by atoms with van der Waals surface area (Å²) in [5.74, 6) is 0.834. The molecule has 6 nitrogen and oxygen atoms in total. The molecule has 0 unspecified atom stereocenters. The summed E-state index contributed by atoms with van der Waals surface area (Å²) in [7, 11) is 3.48. The third-order valence-corrected chi connectivity index (χ3v) is 4.51. The predicted molar refractivity (Wildman–Crippen MR) is 84.1 cm³/mol. The highest BCUT2D eigenvalue weighted by molar-refractivity contribution is 5.86. The number of carbonyl (C=O) groups excluding carboxylic acids is 1. The maximum absolute atomic E-state index is 12.1. The van der Waals surface area contributed by atoms with E-state index in [1.165, 1.54) is 0 Å². The Morgan fingerprint density at radius 2 is 2.05 bits per heavy atom. The van der Waals surface area contributed by atoms with E-state index >= 15 is 0 Å². The van der Waals surface area contributed by atoms with Gasteiger partial charge in [0.1, 0.15) is 0 Å². The molecule has 2 aromatic heterocycles.